The lowest BCUT2D eigenvalue weighted by Crippen LogP contribution is -2.01. The van der Waals surface area contributed by atoms with Crippen LogP contribution in [0.15, 0.2) is 30.3 Å². The molecule has 0 atom stereocenters. The lowest BCUT2D eigenvalue weighted by atomic mass is 10.1. The van der Waals surface area contributed by atoms with Crippen LogP contribution in [0.2, 0.25) is 0 Å². The number of nitrogens with one attached hydrogen (secondary N) is 1. The van der Waals surface area contributed by atoms with Crippen molar-refractivity contribution in [2.24, 2.45) is 0 Å². The van der Waals surface area contributed by atoms with Gasteiger partial charge in [-0.3, -0.25) is 4.84 Å². The van der Waals surface area contributed by atoms with Crippen LogP contribution in [0, 0.1) is 0 Å². The Balaban J connectivity index is 2.20. The Morgan fingerprint density at radius 2 is 2.20 bits per heavy atom. The molecule has 0 saturated carbocycles. The zero-order valence-electron chi connectivity index (χ0n) is 8.36. The van der Waals surface area contributed by atoms with Crippen LogP contribution >= 0.6 is 0 Å². The molecule has 3 heteroatoms. The van der Waals surface area contributed by atoms with Gasteiger partial charge in [0.2, 0.25) is 0 Å². The Bertz CT molecular complexity index is 451. The number of benzene rings is 1. The molecule has 3 nitrogen and oxygen atoms in total. The minimum absolute atomic E-state index is 0.743. The van der Waals surface area contributed by atoms with Crippen LogP contribution < -0.4 is 5.48 Å². The lowest BCUT2D eigenvalue weighted by molar-refractivity contribution is 0.195. The predicted molar refractivity (Wildman–Crippen MR) is 59.6 cm³/mol. The van der Waals surface area contributed by atoms with Crippen LogP contribution in [-0.4, -0.2) is 11.6 Å². The van der Waals surface area contributed by atoms with Crippen molar-refractivity contribution in [2.45, 2.75) is 12.8 Å². The van der Waals surface area contributed by atoms with Gasteiger partial charge >= 0.3 is 0 Å². The van der Waals surface area contributed by atoms with Crippen molar-refractivity contribution in [3.05, 3.63) is 35.9 Å². The van der Waals surface area contributed by atoms with Crippen molar-refractivity contribution in [1.29, 1.82) is 0 Å². The Hall–Kier alpha value is -1.61. The topological polar surface area (TPSA) is 34.1 Å². The number of anilines is 1. The lowest BCUT2D eigenvalue weighted by Gasteiger charge is -2.07. The number of fused-ring (bicyclic) bond motifs is 2. The summed E-state index contributed by atoms with van der Waals surface area (Å²) >= 11 is 0. The summed E-state index contributed by atoms with van der Waals surface area (Å²) < 4.78 is 0. The van der Waals surface area contributed by atoms with Gasteiger partial charge in [-0.15, -0.1) is 0 Å². The van der Waals surface area contributed by atoms with Gasteiger partial charge < -0.3 is 0 Å². The summed E-state index contributed by atoms with van der Waals surface area (Å²) in [6.45, 7) is 0.743. The highest BCUT2D eigenvalue weighted by Gasteiger charge is 2.09. The summed E-state index contributed by atoms with van der Waals surface area (Å²) in [5.41, 5.74) is 5.16. The van der Waals surface area contributed by atoms with E-state index in [9.17, 15) is 0 Å². The molecule has 1 N–H and O–H groups in total. The van der Waals surface area contributed by atoms with Gasteiger partial charge in [0.25, 0.3) is 0 Å². The van der Waals surface area contributed by atoms with Gasteiger partial charge in [0.1, 0.15) is 0 Å². The average Bonchev–Trinajstić information content (AvgIpc) is 2.50. The number of aryl methyl sites for hydroxylation is 1. The van der Waals surface area contributed by atoms with Gasteiger partial charge in [-0.1, -0.05) is 18.2 Å². The fourth-order valence-electron chi connectivity index (χ4n) is 1.89. The zero-order valence-corrected chi connectivity index (χ0v) is 8.36. The second kappa shape index (κ2) is 3.51. The van der Waals surface area contributed by atoms with Gasteiger partial charge in [0.05, 0.1) is 12.1 Å². The molecule has 0 amide bonds. The van der Waals surface area contributed by atoms with Gasteiger partial charge in [-0.05, 0) is 30.5 Å². The van der Waals surface area contributed by atoms with E-state index in [4.69, 9.17) is 4.84 Å². The molecule has 76 valence electrons. The molecule has 0 bridgehead atoms. The van der Waals surface area contributed by atoms with Crippen LogP contribution in [0.5, 0.6) is 0 Å². The Morgan fingerprint density at radius 3 is 3.20 bits per heavy atom. The third kappa shape index (κ3) is 1.55. The first-order valence-electron chi connectivity index (χ1n) is 5.20. The number of aromatic nitrogens is 1. The molecule has 0 aliphatic carbocycles. The highest BCUT2D eigenvalue weighted by Crippen LogP contribution is 2.23. The Labute approximate surface area is 88.0 Å². The molecule has 1 aliphatic rings. The monoisotopic (exact) mass is 200 g/mol. The van der Waals surface area contributed by atoms with E-state index >= 15 is 0 Å². The van der Waals surface area contributed by atoms with Crippen molar-refractivity contribution in [2.75, 3.05) is 12.1 Å². The third-order valence-electron chi connectivity index (χ3n) is 2.66. The van der Waals surface area contributed by atoms with Crippen LogP contribution in [0.25, 0.3) is 10.9 Å². The maximum atomic E-state index is 5.26. The highest BCUT2D eigenvalue weighted by atomic mass is 16.6. The molecule has 1 aliphatic heterocycles. The summed E-state index contributed by atoms with van der Waals surface area (Å²) in [6, 6.07) is 10.3. The largest absolute Gasteiger partial charge is 0.275 e. The number of nitrogens with zero attached hydrogens (tertiary/aromatic N) is 1. The second-order valence-corrected chi connectivity index (χ2v) is 3.74. The minimum Gasteiger partial charge on any atom is -0.275 e. The van der Waals surface area contributed by atoms with Crippen LogP contribution in [0.3, 0.4) is 0 Å². The van der Waals surface area contributed by atoms with Gasteiger partial charge in [0.15, 0.2) is 5.82 Å². The molecule has 0 saturated heterocycles. The molecule has 2 aromatic rings. The zero-order chi connectivity index (χ0) is 10.1. The van der Waals surface area contributed by atoms with Crippen LogP contribution in [-0.2, 0) is 11.3 Å². The van der Waals surface area contributed by atoms with Gasteiger partial charge in [0, 0.05) is 5.39 Å². The highest BCUT2D eigenvalue weighted by molar-refractivity contribution is 5.81. The number of pyridine rings is 1. The summed E-state index contributed by atoms with van der Waals surface area (Å²) in [7, 11) is 0. The molecule has 0 radical (unpaired) electrons. The van der Waals surface area contributed by atoms with Crippen molar-refractivity contribution in [3.63, 3.8) is 0 Å². The molecule has 0 fully saturated rings. The van der Waals surface area contributed by atoms with E-state index in [1.807, 2.05) is 18.2 Å². The van der Waals surface area contributed by atoms with Gasteiger partial charge in [-0.2, -0.15) is 0 Å². The van der Waals surface area contributed by atoms with Gasteiger partial charge in [-0.25, -0.2) is 10.5 Å². The Morgan fingerprint density at radius 1 is 1.27 bits per heavy atom. The summed E-state index contributed by atoms with van der Waals surface area (Å²) in [5, 5.41) is 1.19. The molecule has 2 heterocycles. The quantitative estimate of drug-likeness (QED) is 0.709. The molecule has 0 unspecified atom stereocenters. The smallest absolute Gasteiger partial charge is 0.153 e. The first-order chi connectivity index (χ1) is 7.43. The summed E-state index contributed by atoms with van der Waals surface area (Å²) in [4.78, 5) is 9.80. The molecular formula is C12H12N2O. The van der Waals surface area contributed by atoms with Crippen molar-refractivity contribution in [3.8, 4) is 0 Å². The number of hydrogen-bond donors (Lipinski definition) is 1. The van der Waals surface area contributed by atoms with E-state index in [0.717, 1.165) is 30.8 Å². The van der Waals surface area contributed by atoms with E-state index in [1.54, 1.807) is 0 Å². The molecule has 1 aromatic heterocycles. The molecule has 15 heavy (non-hydrogen) atoms. The van der Waals surface area contributed by atoms with Crippen LogP contribution in [0.1, 0.15) is 12.0 Å². The van der Waals surface area contributed by atoms with E-state index in [1.165, 1.54) is 10.9 Å². The van der Waals surface area contributed by atoms with E-state index in [-0.39, 0.29) is 0 Å². The number of rotatable bonds is 0. The van der Waals surface area contributed by atoms with E-state index < -0.39 is 0 Å². The summed E-state index contributed by atoms with van der Waals surface area (Å²) in [5.74, 6) is 0.867. The van der Waals surface area contributed by atoms with Crippen molar-refractivity contribution < 1.29 is 4.84 Å². The maximum Gasteiger partial charge on any atom is 0.153 e. The van der Waals surface area contributed by atoms with Crippen molar-refractivity contribution in [1.82, 2.24) is 4.98 Å². The molecule has 0 spiro atoms. The first kappa shape index (κ1) is 8.68. The minimum atomic E-state index is 0.743. The second-order valence-electron chi connectivity index (χ2n) is 3.74. The fourth-order valence-corrected chi connectivity index (χ4v) is 1.89. The molecule has 1 aromatic carbocycles. The maximum absolute atomic E-state index is 5.26. The normalized spacial score (nSPS) is 15.5. The predicted octanol–water partition coefficient (Wildman–Crippen LogP) is 2.52. The third-order valence-corrected chi connectivity index (χ3v) is 2.66. The average molecular weight is 200 g/mol. The SMILES string of the molecule is c1ccc2nc3c(cc2c1)CCCON3. The summed E-state index contributed by atoms with van der Waals surface area (Å²) in [6.07, 6.45) is 2.07. The fraction of sp³-hybridized carbons (Fsp3) is 0.250. The van der Waals surface area contributed by atoms with Crippen molar-refractivity contribution >= 4 is 16.7 Å². The number of hydrogen-bond acceptors (Lipinski definition) is 3. The van der Waals surface area contributed by atoms with E-state index in [2.05, 4.69) is 22.6 Å². The molecular weight excluding hydrogens is 188 g/mol. The standard InChI is InChI=1S/C12H12N2O/c1-2-6-11-9(4-1)8-10-5-3-7-15-14-12(10)13-11/h1-2,4,6,8H,3,5,7H2,(H,13,14). The first-order valence-corrected chi connectivity index (χ1v) is 5.20. The van der Waals surface area contributed by atoms with E-state index in [0.29, 0.717) is 0 Å². The Kier molecular flexibility index (Phi) is 2.03. The molecule has 3 rings (SSSR count). The number of para-hydroxylation sites is 1. The van der Waals surface area contributed by atoms with Crippen LogP contribution in [0.4, 0.5) is 5.82 Å².